The Morgan fingerprint density at radius 2 is 2.20 bits per heavy atom. The third-order valence-electron chi connectivity index (χ3n) is 2.76. The average Bonchev–Trinajstić information content (AvgIpc) is 2.89. The quantitative estimate of drug-likeness (QED) is 0.638. The molecule has 7 heteroatoms. The van der Waals surface area contributed by atoms with Crippen molar-refractivity contribution in [1.29, 1.82) is 5.26 Å². The molecule has 0 unspecified atom stereocenters. The zero-order chi connectivity index (χ0) is 14.9. The van der Waals surface area contributed by atoms with Crippen LogP contribution in [0.25, 0.3) is 11.3 Å². The first-order chi connectivity index (χ1) is 9.35. The van der Waals surface area contributed by atoms with Crippen molar-refractivity contribution < 1.29 is 9.31 Å². The zero-order valence-corrected chi connectivity index (χ0v) is 11.6. The van der Waals surface area contributed by atoms with Gasteiger partial charge >= 0.3 is 5.69 Å². The van der Waals surface area contributed by atoms with Gasteiger partial charge < -0.3 is 0 Å². The number of nitro groups is 1. The van der Waals surface area contributed by atoms with Crippen LogP contribution >= 0.6 is 11.3 Å². The first-order valence-electron chi connectivity index (χ1n) is 5.67. The van der Waals surface area contributed by atoms with Gasteiger partial charge in [0, 0.05) is 17.0 Å². The highest BCUT2D eigenvalue weighted by molar-refractivity contribution is 7.10. The van der Waals surface area contributed by atoms with Crippen molar-refractivity contribution in [2.45, 2.75) is 19.3 Å². The lowest BCUT2D eigenvalue weighted by Crippen LogP contribution is -2.13. The molecule has 1 aromatic heterocycles. The van der Waals surface area contributed by atoms with E-state index in [0.29, 0.717) is 16.3 Å². The highest BCUT2D eigenvalue weighted by Gasteiger charge is 2.24. The maximum Gasteiger partial charge on any atom is 0.305 e. The number of benzene rings is 1. The molecule has 0 spiro atoms. The number of hydrogen-bond donors (Lipinski definition) is 0. The Morgan fingerprint density at radius 3 is 2.80 bits per heavy atom. The van der Waals surface area contributed by atoms with E-state index >= 15 is 0 Å². The summed E-state index contributed by atoms with van der Waals surface area (Å²) in [4.78, 5) is 14.3. The topological polar surface area (TPSA) is 79.8 Å². The summed E-state index contributed by atoms with van der Waals surface area (Å²) in [6, 6.07) is 5.76. The SMILES string of the molecule is CC(C)(C#N)c1nc(-c2ccc(F)c([N+](=O)[O-])c2)cs1. The molecule has 0 saturated carbocycles. The molecule has 0 aliphatic rings. The van der Waals surface area contributed by atoms with Crippen molar-refractivity contribution in [3.05, 3.63) is 44.5 Å². The van der Waals surface area contributed by atoms with Gasteiger partial charge in [-0.15, -0.1) is 11.3 Å². The van der Waals surface area contributed by atoms with Crippen LogP contribution in [0.1, 0.15) is 18.9 Å². The summed E-state index contributed by atoms with van der Waals surface area (Å²) in [5.74, 6) is -0.883. The predicted octanol–water partition coefficient (Wildman–Crippen LogP) is 3.66. The summed E-state index contributed by atoms with van der Waals surface area (Å²) in [7, 11) is 0. The fraction of sp³-hybridized carbons (Fsp3) is 0.231. The molecule has 2 rings (SSSR count). The van der Waals surface area contributed by atoms with Gasteiger partial charge in [-0.1, -0.05) is 0 Å². The van der Waals surface area contributed by atoms with E-state index in [1.54, 1.807) is 19.2 Å². The van der Waals surface area contributed by atoms with Crippen LogP contribution in [0.2, 0.25) is 0 Å². The number of rotatable bonds is 3. The molecule has 0 fully saturated rings. The number of nitrogens with zero attached hydrogens (tertiary/aromatic N) is 3. The van der Waals surface area contributed by atoms with E-state index in [0.717, 1.165) is 12.1 Å². The van der Waals surface area contributed by atoms with E-state index in [9.17, 15) is 14.5 Å². The van der Waals surface area contributed by atoms with Crippen molar-refractivity contribution in [3.63, 3.8) is 0 Å². The zero-order valence-electron chi connectivity index (χ0n) is 10.8. The summed E-state index contributed by atoms with van der Waals surface area (Å²) in [5, 5.41) is 22.1. The largest absolute Gasteiger partial charge is 0.305 e. The van der Waals surface area contributed by atoms with E-state index in [2.05, 4.69) is 11.1 Å². The average molecular weight is 291 g/mol. The fourth-order valence-electron chi connectivity index (χ4n) is 1.55. The van der Waals surface area contributed by atoms with Gasteiger partial charge in [-0.3, -0.25) is 10.1 Å². The Hall–Kier alpha value is -2.33. The summed E-state index contributed by atoms with van der Waals surface area (Å²) in [6.07, 6.45) is 0. The standard InChI is InChI=1S/C13H10FN3O2S/c1-13(2,7-15)12-16-10(6-20-12)8-3-4-9(14)11(5-8)17(18)19/h3-6H,1-2H3. The van der Waals surface area contributed by atoms with Crippen LogP contribution in [-0.4, -0.2) is 9.91 Å². The van der Waals surface area contributed by atoms with Crippen LogP contribution in [-0.2, 0) is 5.41 Å². The Balaban J connectivity index is 2.46. The molecular weight excluding hydrogens is 281 g/mol. The lowest BCUT2D eigenvalue weighted by molar-refractivity contribution is -0.387. The molecule has 102 valence electrons. The van der Waals surface area contributed by atoms with Crippen molar-refractivity contribution >= 4 is 17.0 Å². The van der Waals surface area contributed by atoms with E-state index in [4.69, 9.17) is 5.26 Å². The van der Waals surface area contributed by atoms with E-state index in [1.807, 2.05) is 0 Å². The van der Waals surface area contributed by atoms with Gasteiger partial charge in [0.2, 0.25) is 5.82 Å². The van der Waals surface area contributed by atoms with Crippen molar-refractivity contribution in [1.82, 2.24) is 4.98 Å². The summed E-state index contributed by atoms with van der Waals surface area (Å²) in [6.45, 7) is 3.48. The molecular formula is C13H10FN3O2S. The van der Waals surface area contributed by atoms with Gasteiger partial charge in [0.25, 0.3) is 0 Å². The van der Waals surface area contributed by atoms with E-state index in [-0.39, 0.29) is 0 Å². The Labute approximate surface area is 118 Å². The molecule has 20 heavy (non-hydrogen) atoms. The number of nitro benzene ring substituents is 1. The molecule has 5 nitrogen and oxygen atoms in total. The molecule has 0 radical (unpaired) electrons. The Bertz CT molecular complexity index is 719. The van der Waals surface area contributed by atoms with Gasteiger partial charge in [0.1, 0.15) is 10.4 Å². The second kappa shape index (κ2) is 4.98. The lowest BCUT2D eigenvalue weighted by atomic mass is 9.97. The molecule has 1 aromatic carbocycles. The van der Waals surface area contributed by atoms with Crippen molar-refractivity contribution in [2.75, 3.05) is 0 Å². The summed E-state index contributed by atoms with van der Waals surface area (Å²) >= 11 is 1.30. The van der Waals surface area contributed by atoms with Crippen LogP contribution < -0.4 is 0 Å². The first kappa shape index (κ1) is 14.1. The molecule has 0 aliphatic heterocycles. The highest BCUT2D eigenvalue weighted by atomic mass is 32.1. The normalized spacial score (nSPS) is 11.1. The maximum absolute atomic E-state index is 13.3. The van der Waals surface area contributed by atoms with Crippen LogP contribution in [0.4, 0.5) is 10.1 Å². The summed E-state index contributed by atoms with van der Waals surface area (Å²) in [5.41, 5.74) is -0.364. The van der Waals surface area contributed by atoms with Gasteiger partial charge in [0.05, 0.1) is 16.7 Å². The van der Waals surface area contributed by atoms with Gasteiger partial charge in [-0.2, -0.15) is 9.65 Å². The smallest absolute Gasteiger partial charge is 0.258 e. The summed E-state index contributed by atoms with van der Waals surface area (Å²) < 4.78 is 13.3. The molecule has 0 atom stereocenters. The second-order valence-corrected chi connectivity index (χ2v) is 5.56. The molecule has 0 bridgehead atoms. The second-order valence-electron chi connectivity index (χ2n) is 4.70. The monoisotopic (exact) mass is 291 g/mol. The van der Waals surface area contributed by atoms with Crippen LogP contribution in [0.5, 0.6) is 0 Å². The first-order valence-corrected chi connectivity index (χ1v) is 6.54. The maximum atomic E-state index is 13.3. The molecule has 1 heterocycles. The fourth-order valence-corrected chi connectivity index (χ4v) is 2.46. The lowest BCUT2D eigenvalue weighted by Gasteiger charge is -2.09. The number of aromatic nitrogens is 1. The van der Waals surface area contributed by atoms with Crippen LogP contribution in [0, 0.1) is 27.3 Å². The number of nitriles is 1. The minimum atomic E-state index is -0.883. The number of thiazole rings is 1. The van der Waals surface area contributed by atoms with Gasteiger partial charge in [0.15, 0.2) is 0 Å². The van der Waals surface area contributed by atoms with Crippen molar-refractivity contribution in [2.24, 2.45) is 0 Å². The third kappa shape index (κ3) is 2.51. The van der Waals surface area contributed by atoms with E-state index in [1.165, 1.54) is 17.4 Å². The highest BCUT2D eigenvalue weighted by Crippen LogP contribution is 2.31. The Morgan fingerprint density at radius 1 is 1.50 bits per heavy atom. The molecule has 0 saturated heterocycles. The van der Waals surface area contributed by atoms with Gasteiger partial charge in [-0.05, 0) is 26.0 Å². The third-order valence-corrected chi connectivity index (χ3v) is 3.92. The minimum absolute atomic E-state index is 0.453. The van der Waals surface area contributed by atoms with Crippen LogP contribution in [0.3, 0.4) is 0 Å². The van der Waals surface area contributed by atoms with Gasteiger partial charge in [-0.25, -0.2) is 4.98 Å². The Kier molecular flexibility index (Phi) is 3.51. The van der Waals surface area contributed by atoms with Crippen molar-refractivity contribution in [3.8, 4) is 17.3 Å². The predicted molar refractivity (Wildman–Crippen MR) is 72.8 cm³/mol. The van der Waals surface area contributed by atoms with E-state index < -0.39 is 21.8 Å². The van der Waals surface area contributed by atoms with Crippen LogP contribution in [0.15, 0.2) is 23.6 Å². The molecule has 0 amide bonds. The molecule has 0 aliphatic carbocycles. The molecule has 2 aromatic rings. The number of halogens is 1. The minimum Gasteiger partial charge on any atom is -0.258 e. The molecule has 0 N–H and O–H groups in total. The number of hydrogen-bond acceptors (Lipinski definition) is 5.